The molecule has 30 heavy (non-hydrogen) atoms. The summed E-state index contributed by atoms with van der Waals surface area (Å²) in [6, 6.07) is 4.77. The van der Waals surface area contributed by atoms with Gasteiger partial charge in [-0.25, -0.2) is 4.79 Å². The lowest BCUT2D eigenvalue weighted by Crippen LogP contribution is -2.40. The minimum absolute atomic E-state index is 0.0134. The van der Waals surface area contributed by atoms with Gasteiger partial charge in [0.2, 0.25) is 0 Å². The minimum Gasteiger partial charge on any atom is -0.493 e. The summed E-state index contributed by atoms with van der Waals surface area (Å²) < 4.78 is 15.3. The molecule has 1 aromatic carbocycles. The average Bonchev–Trinajstić information content (AvgIpc) is 2.91. The summed E-state index contributed by atoms with van der Waals surface area (Å²) in [6.45, 7) is 3.15. The molecule has 1 saturated heterocycles. The normalized spacial score (nSPS) is 14.9. The van der Waals surface area contributed by atoms with E-state index in [1.807, 2.05) is 0 Å². The molecule has 0 atom stereocenters. The Labute approximate surface area is 174 Å². The molecule has 2 rings (SSSR count). The van der Waals surface area contributed by atoms with Crippen molar-refractivity contribution in [1.29, 1.82) is 0 Å². The quantitative estimate of drug-likeness (QED) is 0.426. The topological polar surface area (TPSA) is 123 Å². The molecular formula is C20H27N3O7. The molecule has 1 fully saturated rings. The summed E-state index contributed by atoms with van der Waals surface area (Å²) in [4.78, 5) is 48.6. The number of methoxy groups -OCH3 is 2. The Hall–Kier alpha value is -3.30. The first-order valence-corrected chi connectivity index (χ1v) is 9.45. The molecule has 0 bridgehead atoms. The molecule has 1 aromatic rings. The average molecular weight is 421 g/mol. The second kappa shape index (κ2) is 9.95. The van der Waals surface area contributed by atoms with E-state index in [0.29, 0.717) is 11.5 Å². The summed E-state index contributed by atoms with van der Waals surface area (Å²) >= 11 is 0. The number of amides is 4. The number of esters is 1. The summed E-state index contributed by atoms with van der Waals surface area (Å²) in [5.74, 6) is -0.241. The molecule has 4 amide bonds. The number of carbonyl (C=O) groups excluding carboxylic acids is 4. The fourth-order valence-corrected chi connectivity index (χ4v) is 2.86. The van der Waals surface area contributed by atoms with Crippen LogP contribution in [0.5, 0.6) is 11.5 Å². The Morgan fingerprint density at radius 2 is 1.83 bits per heavy atom. The van der Waals surface area contributed by atoms with Crippen LogP contribution in [0.1, 0.15) is 32.3 Å². The van der Waals surface area contributed by atoms with Crippen LogP contribution >= 0.6 is 0 Å². The van der Waals surface area contributed by atoms with Crippen LogP contribution in [0.4, 0.5) is 4.79 Å². The van der Waals surface area contributed by atoms with Crippen LogP contribution in [0.25, 0.3) is 0 Å². The highest BCUT2D eigenvalue weighted by atomic mass is 16.5. The van der Waals surface area contributed by atoms with E-state index in [9.17, 15) is 19.2 Å². The highest BCUT2D eigenvalue weighted by Gasteiger charge is 2.43. The molecular weight excluding hydrogens is 394 g/mol. The van der Waals surface area contributed by atoms with E-state index in [0.717, 1.165) is 10.5 Å². The van der Waals surface area contributed by atoms with Gasteiger partial charge in [0.15, 0.2) is 18.1 Å². The third-order valence-corrected chi connectivity index (χ3v) is 4.51. The fraction of sp³-hybridized carbons (Fsp3) is 0.500. The van der Waals surface area contributed by atoms with E-state index in [1.165, 1.54) is 14.2 Å². The van der Waals surface area contributed by atoms with Crippen molar-refractivity contribution in [3.63, 3.8) is 0 Å². The largest absolute Gasteiger partial charge is 0.493 e. The SMILES string of the molecule is COc1ccc(CNC(=O)COC(=O)CCCN2C(=O)NC(C)(C)C2=O)cc1OC. The first kappa shape index (κ1) is 23.0. The van der Waals surface area contributed by atoms with Gasteiger partial charge in [-0.2, -0.15) is 0 Å². The van der Waals surface area contributed by atoms with E-state index >= 15 is 0 Å². The molecule has 10 nitrogen and oxygen atoms in total. The van der Waals surface area contributed by atoms with Crippen LogP contribution < -0.4 is 20.1 Å². The van der Waals surface area contributed by atoms with Crippen molar-refractivity contribution in [2.45, 2.75) is 38.8 Å². The Balaban J connectivity index is 1.68. The van der Waals surface area contributed by atoms with Crippen molar-refractivity contribution < 1.29 is 33.4 Å². The fourth-order valence-electron chi connectivity index (χ4n) is 2.86. The molecule has 0 saturated carbocycles. The molecule has 10 heteroatoms. The lowest BCUT2D eigenvalue weighted by atomic mass is 10.1. The van der Waals surface area contributed by atoms with Crippen LogP contribution in [-0.4, -0.2) is 61.6 Å². The zero-order chi connectivity index (χ0) is 22.3. The van der Waals surface area contributed by atoms with E-state index < -0.39 is 30.1 Å². The highest BCUT2D eigenvalue weighted by Crippen LogP contribution is 2.27. The molecule has 1 aliphatic heterocycles. The molecule has 2 N–H and O–H groups in total. The Bertz CT molecular complexity index is 823. The smallest absolute Gasteiger partial charge is 0.325 e. The van der Waals surface area contributed by atoms with Gasteiger partial charge in [-0.15, -0.1) is 0 Å². The summed E-state index contributed by atoms with van der Waals surface area (Å²) in [5, 5.41) is 5.21. The molecule has 164 valence electrons. The van der Waals surface area contributed by atoms with Crippen LogP contribution in [0.2, 0.25) is 0 Å². The van der Waals surface area contributed by atoms with Crippen molar-refractivity contribution in [3.8, 4) is 11.5 Å². The lowest BCUT2D eigenvalue weighted by Gasteiger charge is -2.15. The van der Waals surface area contributed by atoms with Gasteiger partial charge in [0.1, 0.15) is 5.54 Å². The number of imide groups is 1. The van der Waals surface area contributed by atoms with Gasteiger partial charge in [-0.1, -0.05) is 6.07 Å². The molecule has 0 aromatic heterocycles. The van der Waals surface area contributed by atoms with Gasteiger partial charge in [0.05, 0.1) is 14.2 Å². The lowest BCUT2D eigenvalue weighted by molar-refractivity contribution is -0.148. The van der Waals surface area contributed by atoms with Crippen molar-refractivity contribution >= 4 is 23.8 Å². The molecule has 0 spiro atoms. The standard InChI is InChI=1S/C20H27N3O7/c1-20(2)18(26)23(19(27)22-20)9-5-6-17(25)30-12-16(24)21-11-13-7-8-14(28-3)15(10-13)29-4/h7-8,10H,5-6,9,11-12H2,1-4H3,(H,21,24)(H,22,27). The van der Waals surface area contributed by atoms with E-state index in [4.69, 9.17) is 14.2 Å². The van der Waals surface area contributed by atoms with Crippen LogP contribution in [0.15, 0.2) is 18.2 Å². The van der Waals surface area contributed by atoms with Crippen LogP contribution in [0, 0.1) is 0 Å². The zero-order valence-electron chi connectivity index (χ0n) is 17.6. The van der Waals surface area contributed by atoms with Gasteiger partial charge in [-0.3, -0.25) is 19.3 Å². The number of rotatable bonds is 10. The summed E-state index contributed by atoms with van der Waals surface area (Å²) in [7, 11) is 3.05. The van der Waals surface area contributed by atoms with Gasteiger partial charge in [0, 0.05) is 19.5 Å². The second-order valence-corrected chi connectivity index (χ2v) is 7.24. The van der Waals surface area contributed by atoms with Crippen LogP contribution in [0.3, 0.4) is 0 Å². The van der Waals surface area contributed by atoms with Crippen molar-refractivity contribution in [1.82, 2.24) is 15.5 Å². The number of nitrogens with zero attached hydrogens (tertiary/aromatic N) is 1. The maximum Gasteiger partial charge on any atom is 0.325 e. The van der Waals surface area contributed by atoms with E-state index in [2.05, 4.69) is 10.6 Å². The highest BCUT2D eigenvalue weighted by molar-refractivity contribution is 6.06. The van der Waals surface area contributed by atoms with Gasteiger partial charge >= 0.3 is 12.0 Å². The Morgan fingerprint density at radius 3 is 2.43 bits per heavy atom. The Morgan fingerprint density at radius 1 is 1.13 bits per heavy atom. The molecule has 0 radical (unpaired) electrons. The maximum atomic E-state index is 12.1. The van der Waals surface area contributed by atoms with Gasteiger partial charge < -0.3 is 24.8 Å². The number of nitrogens with one attached hydrogen (secondary N) is 2. The molecule has 0 aliphatic carbocycles. The van der Waals surface area contributed by atoms with Gasteiger partial charge in [-0.05, 0) is 38.0 Å². The van der Waals surface area contributed by atoms with Crippen molar-refractivity contribution in [3.05, 3.63) is 23.8 Å². The first-order chi connectivity index (χ1) is 14.2. The number of benzene rings is 1. The Kier molecular flexibility index (Phi) is 7.62. The minimum atomic E-state index is -0.941. The third-order valence-electron chi connectivity index (χ3n) is 4.51. The number of hydrogen-bond acceptors (Lipinski definition) is 7. The number of urea groups is 1. The number of carbonyl (C=O) groups is 4. The van der Waals surface area contributed by atoms with Crippen molar-refractivity contribution in [2.75, 3.05) is 27.4 Å². The zero-order valence-corrected chi connectivity index (χ0v) is 17.6. The number of ether oxygens (including phenoxy) is 3. The molecule has 0 unspecified atom stereocenters. The predicted molar refractivity (Wildman–Crippen MR) is 106 cm³/mol. The predicted octanol–water partition coefficient (Wildman–Crippen LogP) is 0.974. The van der Waals surface area contributed by atoms with E-state index in [-0.39, 0.29) is 31.8 Å². The number of hydrogen-bond donors (Lipinski definition) is 2. The van der Waals surface area contributed by atoms with E-state index in [1.54, 1.807) is 32.0 Å². The van der Waals surface area contributed by atoms with Crippen LogP contribution in [-0.2, 0) is 25.7 Å². The molecule has 1 heterocycles. The summed E-state index contributed by atoms with van der Waals surface area (Å²) in [6.07, 6.45) is 0.238. The maximum absolute atomic E-state index is 12.1. The van der Waals surface area contributed by atoms with Crippen molar-refractivity contribution in [2.24, 2.45) is 0 Å². The third kappa shape index (κ3) is 5.85. The first-order valence-electron chi connectivity index (χ1n) is 9.45. The summed E-state index contributed by atoms with van der Waals surface area (Å²) in [5.41, 5.74) is -0.146. The second-order valence-electron chi connectivity index (χ2n) is 7.24. The monoisotopic (exact) mass is 421 g/mol. The molecule has 1 aliphatic rings. The van der Waals surface area contributed by atoms with Gasteiger partial charge in [0.25, 0.3) is 11.8 Å².